The third-order valence-electron chi connectivity index (χ3n) is 6.36. The molecule has 0 aliphatic heterocycles. The Balaban J connectivity index is 1.44. The Morgan fingerprint density at radius 2 is 1.78 bits per heavy atom. The van der Waals surface area contributed by atoms with Crippen molar-refractivity contribution in [1.29, 1.82) is 0 Å². The first-order valence-corrected chi connectivity index (χ1v) is 12.8. The lowest BCUT2D eigenvalue weighted by Gasteiger charge is -2.27. The molecule has 0 saturated carbocycles. The highest BCUT2D eigenvalue weighted by molar-refractivity contribution is 7.13. The molecule has 0 spiro atoms. The molecule has 188 valence electrons. The molecule has 3 aromatic carbocycles. The summed E-state index contributed by atoms with van der Waals surface area (Å²) in [6, 6.07) is 17.8. The minimum Gasteiger partial charge on any atom is -0.484 e. The highest BCUT2D eigenvalue weighted by Gasteiger charge is 2.25. The maximum absolute atomic E-state index is 13.4. The second-order valence-corrected chi connectivity index (χ2v) is 10.4. The van der Waals surface area contributed by atoms with Crippen LogP contribution in [0.3, 0.4) is 0 Å². The number of carbonyl (C=O) groups excluding carboxylic acids is 1. The molecule has 1 N–H and O–H groups in total. The molecular weight excluding hydrogens is 487 g/mol. The molecule has 0 saturated heterocycles. The first-order valence-electron chi connectivity index (χ1n) is 12.0. The van der Waals surface area contributed by atoms with Gasteiger partial charge in [0.25, 0.3) is 5.91 Å². The number of nitrogens with zero attached hydrogens (tertiary/aromatic N) is 3. The van der Waals surface area contributed by atoms with Crippen LogP contribution in [0, 0.1) is 26.6 Å². The van der Waals surface area contributed by atoms with E-state index in [9.17, 15) is 9.18 Å². The second kappa shape index (κ2) is 10.1. The molecule has 0 aliphatic rings. The second-order valence-electron chi connectivity index (χ2n) is 9.17. The number of aryl methyl sites for hydroxylation is 3. The monoisotopic (exact) mass is 514 g/mol. The van der Waals surface area contributed by atoms with Gasteiger partial charge >= 0.3 is 0 Å². The molecule has 0 fully saturated rings. The lowest BCUT2D eigenvalue weighted by Crippen LogP contribution is -2.39. The first-order chi connectivity index (χ1) is 17.8. The van der Waals surface area contributed by atoms with Crippen LogP contribution < -0.4 is 10.1 Å². The average molecular weight is 515 g/mol. The van der Waals surface area contributed by atoms with Gasteiger partial charge in [0.2, 0.25) is 0 Å². The number of hydrogen-bond acceptors (Lipinski definition) is 5. The summed E-state index contributed by atoms with van der Waals surface area (Å²) < 4.78 is 21.7. The zero-order valence-electron chi connectivity index (χ0n) is 21.0. The normalized spacial score (nSPS) is 12.9. The standard InChI is InChI=1S/C29H27FN4O2S/c1-17-5-6-21(13-18(17)2)27(20(4)33-28(35)29-31-15-19(3)37-29)36-25-11-12-26-22(14-25)16-32-34(26)24-9-7-23(30)8-10-24/h5-16,20,27H,1-4H3,(H,33,35)/t20-,27+/m0/s1. The van der Waals surface area contributed by atoms with Crippen molar-refractivity contribution >= 4 is 28.1 Å². The van der Waals surface area contributed by atoms with Gasteiger partial charge in [0, 0.05) is 16.5 Å². The minimum absolute atomic E-state index is 0.223. The molecule has 2 heterocycles. The van der Waals surface area contributed by atoms with Gasteiger partial charge in [0.15, 0.2) is 5.01 Å². The summed E-state index contributed by atoms with van der Waals surface area (Å²) in [7, 11) is 0. The average Bonchev–Trinajstić information content (AvgIpc) is 3.51. The van der Waals surface area contributed by atoms with Crippen molar-refractivity contribution in [2.75, 3.05) is 0 Å². The lowest BCUT2D eigenvalue weighted by molar-refractivity contribution is 0.0881. The van der Waals surface area contributed by atoms with Crippen LogP contribution in [0.5, 0.6) is 5.75 Å². The summed E-state index contributed by atoms with van der Waals surface area (Å²) in [5.41, 5.74) is 4.95. The summed E-state index contributed by atoms with van der Waals surface area (Å²) in [4.78, 5) is 18.1. The highest BCUT2D eigenvalue weighted by Crippen LogP contribution is 2.30. The number of hydrogen-bond donors (Lipinski definition) is 1. The maximum Gasteiger partial charge on any atom is 0.280 e. The fourth-order valence-electron chi connectivity index (χ4n) is 4.22. The largest absolute Gasteiger partial charge is 0.484 e. The van der Waals surface area contributed by atoms with Gasteiger partial charge in [0.1, 0.15) is 17.7 Å². The van der Waals surface area contributed by atoms with E-state index in [1.807, 2.05) is 38.1 Å². The highest BCUT2D eigenvalue weighted by atomic mass is 32.1. The van der Waals surface area contributed by atoms with E-state index in [0.717, 1.165) is 32.6 Å². The van der Waals surface area contributed by atoms with Gasteiger partial charge in [-0.15, -0.1) is 11.3 Å². The zero-order chi connectivity index (χ0) is 26.1. The molecule has 0 unspecified atom stereocenters. The fourth-order valence-corrected chi connectivity index (χ4v) is 4.89. The van der Waals surface area contributed by atoms with E-state index < -0.39 is 6.10 Å². The number of amides is 1. The van der Waals surface area contributed by atoms with Crippen molar-refractivity contribution in [3.05, 3.63) is 105 Å². The van der Waals surface area contributed by atoms with Crippen molar-refractivity contribution < 1.29 is 13.9 Å². The topological polar surface area (TPSA) is 69.0 Å². The smallest absolute Gasteiger partial charge is 0.280 e. The zero-order valence-corrected chi connectivity index (χ0v) is 21.8. The number of ether oxygens (including phenoxy) is 1. The molecular formula is C29H27FN4O2S. The van der Waals surface area contributed by atoms with Gasteiger partial charge in [-0.2, -0.15) is 5.10 Å². The summed E-state index contributed by atoms with van der Waals surface area (Å²) in [5.74, 6) is 0.138. The Morgan fingerprint density at radius 1 is 1.00 bits per heavy atom. The van der Waals surface area contributed by atoms with Crippen LogP contribution in [0.25, 0.3) is 16.6 Å². The summed E-state index contributed by atoms with van der Waals surface area (Å²) in [6.07, 6.45) is 3.02. The molecule has 5 aromatic rings. The van der Waals surface area contributed by atoms with Crippen molar-refractivity contribution in [2.45, 2.75) is 39.8 Å². The van der Waals surface area contributed by atoms with Crippen LogP contribution in [0.4, 0.5) is 4.39 Å². The molecule has 0 bridgehead atoms. The molecule has 1 amide bonds. The van der Waals surface area contributed by atoms with Crippen LogP contribution in [-0.4, -0.2) is 26.7 Å². The van der Waals surface area contributed by atoms with E-state index in [2.05, 4.69) is 41.4 Å². The predicted octanol–water partition coefficient (Wildman–Crippen LogP) is 6.48. The molecule has 2 atom stereocenters. The molecule has 8 heteroatoms. The van der Waals surface area contributed by atoms with Crippen LogP contribution in [0.2, 0.25) is 0 Å². The van der Waals surface area contributed by atoms with Gasteiger partial charge in [-0.25, -0.2) is 14.1 Å². The third kappa shape index (κ3) is 5.24. The number of nitrogens with one attached hydrogen (secondary N) is 1. The maximum atomic E-state index is 13.4. The van der Waals surface area contributed by atoms with Gasteiger partial charge in [-0.05, 0) is 86.8 Å². The molecule has 0 radical (unpaired) electrons. The van der Waals surface area contributed by atoms with E-state index in [0.29, 0.717) is 10.8 Å². The van der Waals surface area contributed by atoms with Crippen LogP contribution >= 0.6 is 11.3 Å². The van der Waals surface area contributed by atoms with Gasteiger partial charge in [-0.3, -0.25) is 4.79 Å². The lowest BCUT2D eigenvalue weighted by atomic mass is 9.98. The van der Waals surface area contributed by atoms with E-state index in [1.54, 1.807) is 29.2 Å². The van der Waals surface area contributed by atoms with Gasteiger partial charge in [0.05, 0.1) is 23.4 Å². The Morgan fingerprint density at radius 3 is 2.49 bits per heavy atom. The fraction of sp³-hybridized carbons (Fsp3) is 0.207. The Kier molecular flexibility index (Phi) is 6.76. The van der Waals surface area contributed by atoms with Crippen molar-refractivity contribution in [2.24, 2.45) is 0 Å². The van der Waals surface area contributed by atoms with E-state index >= 15 is 0 Å². The van der Waals surface area contributed by atoms with Crippen molar-refractivity contribution in [1.82, 2.24) is 20.1 Å². The number of carbonyl (C=O) groups is 1. The van der Waals surface area contributed by atoms with E-state index in [1.165, 1.54) is 29.0 Å². The number of rotatable bonds is 7. The third-order valence-corrected chi connectivity index (χ3v) is 7.27. The Labute approximate surface area is 218 Å². The Hall–Kier alpha value is -4.04. The van der Waals surface area contributed by atoms with Gasteiger partial charge < -0.3 is 10.1 Å². The summed E-state index contributed by atoms with van der Waals surface area (Å²) in [5, 5.41) is 8.86. The number of thiazole rings is 1. The number of fused-ring (bicyclic) bond motifs is 1. The van der Waals surface area contributed by atoms with Crippen LogP contribution in [0.1, 0.15) is 44.4 Å². The molecule has 0 aliphatic carbocycles. The number of halogens is 1. The molecule has 5 rings (SSSR count). The predicted molar refractivity (Wildman–Crippen MR) is 144 cm³/mol. The van der Waals surface area contributed by atoms with Crippen LogP contribution in [-0.2, 0) is 0 Å². The molecule has 37 heavy (non-hydrogen) atoms. The van der Waals surface area contributed by atoms with Gasteiger partial charge in [-0.1, -0.05) is 18.2 Å². The summed E-state index contributed by atoms with van der Waals surface area (Å²) >= 11 is 1.36. The summed E-state index contributed by atoms with van der Waals surface area (Å²) in [6.45, 7) is 7.99. The van der Waals surface area contributed by atoms with Crippen LogP contribution in [0.15, 0.2) is 73.1 Å². The minimum atomic E-state index is -0.436. The molecule has 2 aromatic heterocycles. The number of benzene rings is 3. The quantitative estimate of drug-likeness (QED) is 0.270. The first kappa shape index (κ1) is 24.6. The van der Waals surface area contributed by atoms with Crippen molar-refractivity contribution in [3.63, 3.8) is 0 Å². The Bertz CT molecular complexity index is 1570. The van der Waals surface area contributed by atoms with E-state index in [4.69, 9.17) is 4.74 Å². The van der Waals surface area contributed by atoms with Crippen molar-refractivity contribution in [3.8, 4) is 11.4 Å². The van der Waals surface area contributed by atoms with E-state index in [-0.39, 0.29) is 17.8 Å². The SMILES string of the molecule is Cc1cnc(C(=O)N[C@@H](C)[C@@H](Oc2ccc3c(cnn3-c3ccc(F)cc3)c2)c2ccc(C)c(C)c2)s1. The number of aromatic nitrogens is 3. The molecule has 6 nitrogen and oxygen atoms in total.